The molecule has 1 atom stereocenters. The molecule has 2 nitrogen and oxygen atoms in total. The Kier molecular flexibility index (Phi) is 3.68. The van der Waals surface area contributed by atoms with Gasteiger partial charge in [-0.05, 0) is 35.5 Å². The molecule has 0 amide bonds. The molecule has 1 unspecified atom stereocenters. The highest BCUT2D eigenvalue weighted by atomic mass is 32.2. The molecule has 0 saturated carbocycles. The van der Waals surface area contributed by atoms with Crippen LogP contribution < -0.4 is 0 Å². The second-order valence-electron chi connectivity index (χ2n) is 3.58. The minimum Gasteiger partial charge on any atom is -0.472 e. The Balaban J connectivity index is 2.13. The van der Waals surface area contributed by atoms with Crippen LogP contribution in [0.25, 0.3) is 0 Å². The van der Waals surface area contributed by atoms with Crippen LogP contribution in [-0.4, -0.2) is 10.6 Å². The molecule has 2 aromatic rings. The minimum absolute atomic E-state index is 0.0886. The van der Waals surface area contributed by atoms with E-state index < -0.39 is 11.6 Å². The number of hydrogen-bond donors (Lipinski definition) is 1. The van der Waals surface area contributed by atoms with E-state index in [-0.39, 0.29) is 16.7 Å². The highest BCUT2D eigenvalue weighted by molar-refractivity contribution is 8.00. The smallest absolute Gasteiger partial charge is 0.446 e. The van der Waals surface area contributed by atoms with E-state index in [0.29, 0.717) is 11.1 Å². The zero-order valence-corrected chi connectivity index (χ0v) is 9.83. The van der Waals surface area contributed by atoms with Gasteiger partial charge in [0, 0.05) is 10.5 Å². The van der Waals surface area contributed by atoms with Crippen LogP contribution in [0.2, 0.25) is 0 Å². The van der Waals surface area contributed by atoms with Crippen molar-refractivity contribution in [3.63, 3.8) is 0 Å². The van der Waals surface area contributed by atoms with Gasteiger partial charge in [0.1, 0.15) is 6.10 Å². The third-order valence-corrected chi connectivity index (χ3v) is 3.03. The summed E-state index contributed by atoms with van der Waals surface area (Å²) in [5, 5.41) is 9.92. The Labute approximate surface area is 105 Å². The largest absolute Gasteiger partial charge is 0.472 e. The summed E-state index contributed by atoms with van der Waals surface area (Å²) in [7, 11) is 0. The van der Waals surface area contributed by atoms with Crippen LogP contribution in [0.5, 0.6) is 0 Å². The Bertz CT molecular complexity index is 491. The molecule has 0 aliphatic rings. The van der Waals surface area contributed by atoms with Gasteiger partial charge in [-0.25, -0.2) is 0 Å². The van der Waals surface area contributed by atoms with Crippen molar-refractivity contribution in [2.45, 2.75) is 16.5 Å². The quantitative estimate of drug-likeness (QED) is 0.860. The average Bonchev–Trinajstić information content (AvgIpc) is 2.80. The first kappa shape index (κ1) is 13.0. The van der Waals surface area contributed by atoms with Crippen molar-refractivity contribution in [3.8, 4) is 0 Å². The van der Waals surface area contributed by atoms with Crippen LogP contribution in [0.1, 0.15) is 17.2 Å². The number of benzene rings is 1. The molecule has 18 heavy (non-hydrogen) atoms. The summed E-state index contributed by atoms with van der Waals surface area (Å²) in [6.45, 7) is 0. The zero-order valence-electron chi connectivity index (χ0n) is 9.02. The molecule has 6 heteroatoms. The number of halogens is 3. The van der Waals surface area contributed by atoms with E-state index >= 15 is 0 Å². The minimum atomic E-state index is -4.30. The fraction of sp³-hybridized carbons (Fsp3) is 0.167. The summed E-state index contributed by atoms with van der Waals surface area (Å²) in [5.74, 6) is 0. The number of aliphatic hydroxyl groups excluding tert-OH is 1. The van der Waals surface area contributed by atoms with Crippen molar-refractivity contribution in [2.24, 2.45) is 0 Å². The van der Waals surface area contributed by atoms with Crippen LogP contribution in [0.4, 0.5) is 13.2 Å². The van der Waals surface area contributed by atoms with Gasteiger partial charge in [0.15, 0.2) is 0 Å². The topological polar surface area (TPSA) is 33.4 Å². The van der Waals surface area contributed by atoms with E-state index in [2.05, 4.69) is 0 Å². The third kappa shape index (κ3) is 3.30. The van der Waals surface area contributed by atoms with Gasteiger partial charge in [0.2, 0.25) is 0 Å². The van der Waals surface area contributed by atoms with Crippen LogP contribution in [0.15, 0.2) is 52.2 Å². The third-order valence-electron chi connectivity index (χ3n) is 2.29. The Morgan fingerprint density at radius 2 is 1.72 bits per heavy atom. The summed E-state index contributed by atoms with van der Waals surface area (Å²) >= 11 is -0.182. The van der Waals surface area contributed by atoms with E-state index in [1.54, 1.807) is 6.07 Å². The Morgan fingerprint density at radius 1 is 1.06 bits per heavy atom. The maximum atomic E-state index is 12.1. The second kappa shape index (κ2) is 5.07. The lowest BCUT2D eigenvalue weighted by molar-refractivity contribution is -0.0328. The molecular formula is C12H9F3O2S. The first-order valence-corrected chi connectivity index (χ1v) is 5.83. The fourth-order valence-electron chi connectivity index (χ4n) is 1.47. The number of thioether (sulfide) groups is 1. The molecule has 1 aromatic heterocycles. The Hall–Kier alpha value is -1.40. The highest BCUT2D eigenvalue weighted by Crippen LogP contribution is 2.37. The molecule has 0 spiro atoms. The second-order valence-corrected chi connectivity index (χ2v) is 4.71. The van der Waals surface area contributed by atoms with Crippen LogP contribution >= 0.6 is 11.8 Å². The van der Waals surface area contributed by atoms with Crippen LogP contribution in [-0.2, 0) is 0 Å². The van der Waals surface area contributed by atoms with Crippen molar-refractivity contribution >= 4 is 11.8 Å². The molecule has 0 saturated heterocycles. The molecule has 2 rings (SSSR count). The SMILES string of the molecule is OC(c1ccc(SC(F)(F)F)cc1)c1ccoc1. The number of rotatable bonds is 3. The predicted molar refractivity (Wildman–Crippen MR) is 61.1 cm³/mol. The monoisotopic (exact) mass is 274 g/mol. The lowest BCUT2D eigenvalue weighted by Crippen LogP contribution is -2.00. The molecule has 1 aromatic carbocycles. The normalized spacial score (nSPS) is 13.6. The molecular weight excluding hydrogens is 265 g/mol. The first-order chi connectivity index (χ1) is 8.46. The average molecular weight is 274 g/mol. The van der Waals surface area contributed by atoms with Gasteiger partial charge in [0.05, 0.1) is 12.5 Å². The molecule has 0 bridgehead atoms. The van der Waals surface area contributed by atoms with Crippen molar-refractivity contribution < 1.29 is 22.7 Å². The fourth-order valence-corrected chi connectivity index (χ4v) is 2.01. The van der Waals surface area contributed by atoms with Crippen molar-refractivity contribution in [1.29, 1.82) is 0 Å². The van der Waals surface area contributed by atoms with E-state index in [9.17, 15) is 18.3 Å². The molecule has 96 valence electrons. The molecule has 1 N–H and O–H groups in total. The van der Waals surface area contributed by atoms with Gasteiger partial charge < -0.3 is 9.52 Å². The van der Waals surface area contributed by atoms with Gasteiger partial charge in [-0.1, -0.05) is 12.1 Å². The van der Waals surface area contributed by atoms with E-state index in [1.807, 2.05) is 0 Å². The predicted octanol–water partition coefficient (Wildman–Crippen LogP) is 3.97. The maximum Gasteiger partial charge on any atom is 0.446 e. The van der Waals surface area contributed by atoms with E-state index in [4.69, 9.17) is 4.42 Å². The summed E-state index contributed by atoms with van der Waals surface area (Å²) in [6.07, 6.45) is 1.92. The molecule has 0 radical (unpaired) electrons. The van der Waals surface area contributed by atoms with Crippen molar-refractivity contribution in [3.05, 3.63) is 54.0 Å². The van der Waals surface area contributed by atoms with Gasteiger partial charge in [-0.15, -0.1) is 0 Å². The number of aliphatic hydroxyl groups is 1. The maximum absolute atomic E-state index is 12.1. The molecule has 0 fully saturated rings. The number of furan rings is 1. The van der Waals surface area contributed by atoms with E-state index in [0.717, 1.165) is 0 Å². The Morgan fingerprint density at radius 3 is 2.22 bits per heavy atom. The highest BCUT2D eigenvalue weighted by Gasteiger charge is 2.29. The molecule has 1 heterocycles. The summed E-state index contributed by atoms with van der Waals surface area (Å²) in [5.41, 5.74) is -3.22. The van der Waals surface area contributed by atoms with Gasteiger partial charge in [0.25, 0.3) is 0 Å². The van der Waals surface area contributed by atoms with Gasteiger partial charge >= 0.3 is 5.51 Å². The molecule has 0 aliphatic carbocycles. The summed E-state index contributed by atoms with van der Waals surface area (Å²) < 4.78 is 41.2. The lowest BCUT2D eigenvalue weighted by Gasteiger charge is -2.10. The number of alkyl halides is 3. The van der Waals surface area contributed by atoms with Crippen LogP contribution in [0.3, 0.4) is 0 Å². The van der Waals surface area contributed by atoms with Crippen molar-refractivity contribution in [2.75, 3.05) is 0 Å². The first-order valence-electron chi connectivity index (χ1n) is 5.01. The summed E-state index contributed by atoms with van der Waals surface area (Å²) in [6, 6.07) is 7.19. The van der Waals surface area contributed by atoms with E-state index in [1.165, 1.54) is 36.8 Å². The summed E-state index contributed by atoms with van der Waals surface area (Å²) in [4.78, 5) is 0.0886. The van der Waals surface area contributed by atoms with Gasteiger partial charge in [-0.2, -0.15) is 13.2 Å². The lowest BCUT2D eigenvalue weighted by atomic mass is 10.0. The van der Waals surface area contributed by atoms with Gasteiger partial charge in [-0.3, -0.25) is 0 Å². The standard InChI is InChI=1S/C12H9F3O2S/c13-12(14,15)18-10-3-1-8(2-4-10)11(16)9-5-6-17-7-9/h1-7,11,16H. The van der Waals surface area contributed by atoms with Crippen molar-refractivity contribution in [1.82, 2.24) is 0 Å². The number of hydrogen-bond acceptors (Lipinski definition) is 3. The zero-order chi connectivity index (χ0) is 13.2. The van der Waals surface area contributed by atoms with Crippen LogP contribution in [0, 0.1) is 0 Å². The molecule has 0 aliphatic heterocycles.